The van der Waals surface area contributed by atoms with Crippen molar-refractivity contribution in [2.45, 2.75) is 0 Å². The van der Waals surface area contributed by atoms with E-state index in [-0.39, 0.29) is 11.7 Å². The zero-order valence-electron chi connectivity index (χ0n) is 10.5. The van der Waals surface area contributed by atoms with Crippen molar-refractivity contribution >= 4 is 49.3 Å². The summed E-state index contributed by atoms with van der Waals surface area (Å²) in [4.78, 5) is 16.1. The van der Waals surface area contributed by atoms with Crippen molar-refractivity contribution in [3.05, 3.63) is 45.0 Å². The van der Waals surface area contributed by atoms with Crippen molar-refractivity contribution in [2.24, 2.45) is 0 Å². The highest BCUT2D eigenvalue weighted by molar-refractivity contribution is 9.10. The van der Waals surface area contributed by atoms with Gasteiger partial charge in [0.1, 0.15) is 11.6 Å². The summed E-state index contributed by atoms with van der Waals surface area (Å²) in [7, 11) is 1.58. The number of hydrogen-bond donors (Lipinski definition) is 2. The Bertz CT molecular complexity index is 662. The molecule has 0 fully saturated rings. The van der Waals surface area contributed by atoms with Crippen LogP contribution in [0.4, 0.5) is 11.5 Å². The maximum atomic E-state index is 12.2. The first-order valence-corrected chi connectivity index (χ1v) is 7.15. The molecule has 0 atom stereocenters. The number of nitrogens with two attached hydrogens (primary N) is 1. The van der Waals surface area contributed by atoms with Gasteiger partial charge in [0.25, 0.3) is 5.91 Å². The minimum absolute atomic E-state index is 0.179. The van der Waals surface area contributed by atoms with E-state index in [2.05, 4.69) is 42.2 Å². The zero-order chi connectivity index (χ0) is 14.7. The number of nitrogens with zero attached hydrogens (tertiary/aromatic N) is 1. The van der Waals surface area contributed by atoms with Gasteiger partial charge >= 0.3 is 0 Å². The molecule has 5 nitrogen and oxygen atoms in total. The predicted octanol–water partition coefficient (Wildman–Crippen LogP) is 3.45. The number of methoxy groups -OCH3 is 1. The first-order chi connectivity index (χ1) is 9.51. The number of hydrogen-bond acceptors (Lipinski definition) is 4. The van der Waals surface area contributed by atoms with Crippen LogP contribution in [0.2, 0.25) is 0 Å². The number of amides is 1. The molecule has 3 N–H and O–H groups in total. The third kappa shape index (κ3) is 3.29. The Kier molecular flexibility index (Phi) is 4.61. The van der Waals surface area contributed by atoms with E-state index in [9.17, 15) is 4.79 Å². The molecular formula is C13H11Br2N3O2. The monoisotopic (exact) mass is 399 g/mol. The van der Waals surface area contributed by atoms with Crippen LogP contribution in [-0.4, -0.2) is 18.0 Å². The normalized spacial score (nSPS) is 10.2. The first kappa shape index (κ1) is 14.8. The molecule has 0 aliphatic carbocycles. The molecular weight excluding hydrogens is 390 g/mol. The van der Waals surface area contributed by atoms with Gasteiger partial charge in [-0.1, -0.05) is 0 Å². The van der Waals surface area contributed by atoms with Crippen LogP contribution in [0.5, 0.6) is 5.75 Å². The van der Waals surface area contributed by atoms with E-state index in [1.165, 1.54) is 6.20 Å². The number of nitrogen functional groups attached to an aromatic ring is 1. The summed E-state index contributed by atoms with van der Waals surface area (Å²) in [5, 5.41) is 2.75. The summed E-state index contributed by atoms with van der Waals surface area (Å²) in [5.74, 6) is 0.540. The van der Waals surface area contributed by atoms with Crippen molar-refractivity contribution in [3.8, 4) is 5.75 Å². The lowest BCUT2D eigenvalue weighted by atomic mass is 10.2. The lowest BCUT2D eigenvalue weighted by Gasteiger charge is -2.09. The molecule has 0 bridgehead atoms. The first-order valence-electron chi connectivity index (χ1n) is 5.57. The van der Waals surface area contributed by atoms with Crippen LogP contribution in [0.25, 0.3) is 0 Å². The molecule has 7 heteroatoms. The van der Waals surface area contributed by atoms with E-state index >= 15 is 0 Å². The molecule has 104 valence electrons. The maximum absolute atomic E-state index is 12.2. The van der Waals surface area contributed by atoms with Gasteiger partial charge in [-0.05, 0) is 56.1 Å². The smallest absolute Gasteiger partial charge is 0.259 e. The summed E-state index contributed by atoms with van der Waals surface area (Å²) in [6.45, 7) is 0. The summed E-state index contributed by atoms with van der Waals surface area (Å²) in [5.41, 5.74) is 6.64. The highest BCUT2D eigenvalue weighted by Crippen LogP contribution is 2.28. The van der Waals surface area contributed by atoms with E-state index < -0.39 is 0 Å². The lowest BCUT2D eigenvalue weighted by molar-refractivity contribution is 0.102. The number of aromatic nitrogens is 1. The number of benzene rings is 1. The Morgan fingerprint density at radius 1 is 1.35 bits per heavy atom. The second-order valence-electron chi connectivity index (χ2n) is 3.89. The summed E-state index contributed by atoms with van der Waals surface area (Å²) in [6.07, 6.45) is 1.54. The van der Waals surface area contributed by atoms with Crippen molar-refractivity contribution in [3.63, 3.8) is 0 Å². The quantitative estimate of drug-likeness (QED) is 0.827. The standard InChI is InChI=1S/C13H11Br2N3O2/c1-20-11-3-2-8(5-10(11)15)18-13(19)9-4-7(14)6-17-12(9)16/h2-6H,1H3,(H2,16,17)(H,18,19). The van der Waals surface area contributed by atoms with E-state index in [1.54, 1.807) is 31.4 Å². The Hall–Kier alpha value is -1.60. The number of ether oxygens (including phenoxy) is 1. The predicted molar refractivity (Wildman–Crippen MR) is 85.0 cm³/mol. The second-order valence-corrected chi connectivity index (χ2v) is 5.66. The Labute approximate surface area is 132 Å². The summed E-state index contributed by atoms with van der Waals surface area (Å²) in [6, 6.07) is 6.86. The van der Waals surface area contributed by atoms with Crippen molar-refractivity contribution in [2.75, 3.05) is 18.2 Å². The number of carbonyl (C=O) groups is 1. The van der Waals surface area contributed by atoms with E-state index in [4.69, 9.17) is 10.5 Å². The minimum Gasteiger partial charge on any atom is -0.496 e. The van der Waals surface area contributed by atoms with Crippen LogP contribution in [0.1, 0.15) is 10.4 Å². The third-order valence-electron chi connectivity index (χ3n) is 2.54. The highest BCUT2D eigenvalue weighted by atomic mass is 79.9. The Balaban J connectivity index is 2.23. The molecule has 0 radical (unpaired) electrons. The van der Waals surface area contributed by atoms with Gasteiger partial charge in [0.15, 0.2) is 0 Å². The van der Waals surface area contributed by atoms with Crippen LogP contribution in [0.3, 0.4) is 0 Å². The van der Waals surface area contributed by atoms with Gasteiger partial charge in [-0.25, -0.2) is 4.98 Å². The minimum atomic E-state index is -0.326. The molecule has 20 heavy (non-hydrogen) atoms. The number of anilines is 2. The number of rotatable bonds is 3. The molecule has 1 aromatic carbocycles. The molecule has 0 saturated heterocycles. The van der Waals surface area contributed by atoms with Crippen LogP contribution < -0.4 is 15.8 Å². The topological polar surface area (TPSA) is 77.2 Å². The molecule has 0 saturated carbocycles. The molecule has 1 heterocycles. The fourth-order valence-electron chi connectivity index (χ4n) is 1.57. The average Bonchev–Trinajstić information content (AvgIpc) is 2.41. The lowest BCUT2D eigenvalue weighted by Crippen LogP contribution is -2.14. The van der Waals surface area contributed by atoms with Crippen LogP contribution in [0, 0.1) is 0 Å². The van der Waals surface area contributed by atoms with Crippen molar-refractivity contribution in [1.29, 1.82) is 0 Å². The molecule has 1 amide bonds. The molecule has 2 aromatic rings. The van der Waals surface area contributed by atoms with Crippen molar-refractivity contribution in [1.82, 2.24) is 4.98 Å². The molecule has 1 aromatic heterocycles. The SMILES string of the molecule is COc1ccc(NC(=O)c2cc(Br)cnc2N)cc1Br. The third-order valence-corrected chi connectivity index (χ3v) is 3.59. The Morgan fingerprint density at radius 2 is 2.10 bits per heavy atom. The number of halogens is 2. The van der Waals surface area contributed by atoms with Gasteiger partial charge < -0.3 is 15.8 Å². The van der Waals surface area contributed by atoms with E-state index in [1.807, 2.05) is 0 Å². The molecule has 0 unspecified atom stereocenters. The summed E-state index contributed by atoms with van der Waals surface area (Å²) >= 11 is 6.62. The van der Waals surface area contributed by atoms with Gasteiger partial charge in [-0.15, -0.1) is 0 Å². The van der Waals surface area contributed by atoms with Gasteiger partial charge in [0.05, 0.1) is 17.1 Å². The number of nitrogens with one attached hydrogen (secondary N) is 1. The van der Waals surface area contributed by atoms with Crippen LogP contribution >= 0.6 is 31.9 Å². The second kappa shape index (κ2) is 6.23. The fourth-order valence-corrected chi connectivity index (χ4v) is 2.45. The maximum Gasteiger partial charge on any atom is 0.259 e. The van der Waals surface area contributed by atoms with Gasteiger partial charge in [0.2, 0.25) is 0 Å². The number of carbonyl (C=O) groups excluding carboxylic acids is 1. The van der Waals surface area contributed by atoms with Gasteiger partial charge in [-0.3, -0.25) is 4.79 Å². The van der Waals surface area contributed by atoms with Gasteiger partial charge in [-0.2, -0.15) is 0 Å². The molecule has 0 aliphatic heterocycles. The highest BCUT2D eigenvalue weighted by Gasteiger charge is 2.12. The largest absolute Gasteiger partial charge is 0.496 e. The van der Waals surface area contributed by atoms with Crippen molar-refractivity contribution < 1.29 is 9.53 Å². The zero-order valence-corrected chi connectivity index (χ0v) is 13.7. The fraction of sp³-hybridized carbons (Fsp3) is 0.0769. The van der Waals surface area contributed by atoms with E-state index in [0.29, 0.717) is 21.5 Å². The van der Waals surface area contributed by atoms with Gasteiger partial charge in [0, 0.05) is 16.4 Å². The van der Waals surface area contributed by atoms with E-state index in [0.717, 1.165) is 4.47 Å². The summed E-state index contributed by atoms with van der Waals surface area (Å²) < 4.78 is 6.56. The Morgan fingerprint density at radius 3 is 2.75 bits per heavy atom. The molecule has 0 spiro atoms. The molecule has 2 rings (SSSR count). The number of pyridine rings is 1. The average molecular weight is 401 g/mol. The van der Waals surface area contributed by atoms with Crippen LogP contribution in [0.15, 0.2) is 39.4 Å². The van der Waals surface area contributed by atoms with Crippen LogP contribution in [-0.2, 0) is 0 Å². The molecule has 0 aliphatic rings.